The van der Waals surface area contributed by atoms with Crippen molar-refractivity contribution in [2.45, 2.75) is 27.7 Å². The van der Waals surface area contributed by atoms with Gasteiger partial charge in [0.15, 0.2) is 0 Å². The molecule has 0 aromatic rings. The van der Waals surface area contributed by atoms with Crippen LogP contribution in [0.1, 0.15) is 27.7 Å². The van der Waals surface area contributed by atoms with Crippen LogP contribution in [0.15, 0.2) is 22.8 Å². The van der Waals surface area contributed by atoms with E-state index in [1.54, 1.807) is 0 Å². The van der Waals surface area contributed by atoms with Crippen molar-refractivity contribution < 1.29 is 19.4 Å². The van der Waals surface area contributed by atoms with Crippen molar-refractivity contribution in [3.63, 3.8) is 0 Å². The first-order valence-corrected chi connectivity index (χ1v) is 5.33. The summed E-state index contributed by atoms with van der Waals surface area (Å²) in [6.07, 6.45) is 2.11. The molecular formula is C9H16N2W. The number of hydrogen-bond donors (Lipinski definition) is 2. The Bertz CT molecular complexity index is 239. The third-order valence-electron chi connectivity index (χ3n) is 2.06. The van der Waals surface area contributed by atoms with Crippen molar-refractivity contribution in [2.24, 2.45) is 5.84 Å². The van der Waals surface area contributed by atoms with Gasteiger partial charge in [-0.1, -0.05) is 0 Å². The van der Waals surface area contributed by atoms with Gasteiger partial charge in [-0.25, -0.2) is 0 Å². The Morgan fingerprint density at radius 2 is 1.75 bits per heavy atom. The van der Waals surface area contributed by atoms with Crippen LogP contribution in [0.25, 0.3) is 0 Å². The van der Waals surface area contributed by atoms with Gasteiger partial charge in [0.1, 0.15) is 0 Å². The molecule has 2 nitrogen and oxygen atoms in total. The van der Waals surface area contributed by atoms with Gasteiger partial charge in [-0.3, -0.25) is 0 Å². The van der Waals surface area contributed by atoms with E-state index in [4.69, 9.17) is 5.84 Å². The minimum atomic E-state index is 1.11. The van der Waals surface area contributed by atoms with Crippen LogP contribution in [-0.2, 0) is 19.4 Å². The molecule has 0 aliphatic carbocycles. The molecule has 0 unspecified atom stereocenters. The van der Waals surface area contributed by atoms with Gasteiger partial charge in [0.05, 0.1) is 0 Å². The summed E-state index contributed by atoms with van der Waals surface area (Å²) in [4.78, 5) is 0. The topological polar surface area (TPSA) is 38.0 Å². The van der Waals surface area contributed by atoms with Gasteiger partial charge in [0.2, 0.25) is 0 Å². The zero-order valence-electron chi connectivity index (χ0n) is 8.06. The van der Waals surface area contributed by atoms with Crippen molar-refractivity contribution in [3.05, 3.63) is 22.8 Å². The van der Waals surface area contributed by atoms with E-state index in [1.165, 1.54) is 36.1 Å². The second kappa shape index (κ2) is 5.58. The number of nitrogens with one attached hydrogen (secondary N) is 1. The molecule has 3 heteroatoms. The van der Waals surface area contributed by atoms with Crippen molar-refractivity contribution in [1.29, 1.82) is 0 Å². The number of nitrogens with two attached hydrogens (primary N) is 1. The summed E-state index contributed by atoms with van der Waals surface area (Å²) in [6.45, 7) is 8.36. The van der Waals surface area contributed by atoms with Gasteiger partial charge in [0.25, 0.3) is 0 Å². The zero-order valence-corrected chi connectivity index (χ0v) is 11.0. The molecule has 0 rings (SSSR count). The quantitative estimate of drug-likeness (QED) is 0.465. The van der Waals surface area contributed by atoms with Crippen molar-refractivity contribution >= 4 is 4.02 Å². The predicted molar refractivity (Wildman–Crippen MR) is 50.1 cm³/mol. The summed E-state index contributed by atoms with van der Waals surface area (Å²) in [5.74, 6) is 5.33. The third kappa shape index (κ3) is 3.14. The Morgan fingerprint density at radius 3 is 2.08 bits per heavy atom. The van der Waals surface area contributed by atoms with E-state index in [1.807, 2.05) is 6.92 Å². The first-order chi connectivity index (χ1) is 5.54. The van der Waals surface area contributed by atoms with Crippen LogP contribution < -0.4 is 11.3 Å². The number of hydrazine groups is 1. The third-order valence-corrected chi connectivity index (χ3v) is 3.58. The Morgan fingerprint density at radius 1 is 1.25 bits per heavy atom. The van der Waals surface area contributed by atoms with E-state index >= 15 is 0 Å². The molecule has 0 heterocycles. The molecule has 3 N–H and O–H groups in total. The molecule has 0 atom stereocenters. The van der Waals surface area contributed by atoms with Crippen LogP contribution in [0.3, 0.4) is 0 Å². The molecule has 0 aromatic carbocycles. The van der Waals surface area contributed by atoms with Crippen LogP contribution in [-0.4, -0.2) is 4.02 Å². The molecule has 0 aliphatic heterocycles. The second-order valence-electron chi connectivity index (χ2n) is 2.70. The fourth-order valence-corrected chi connectivity index (χ4v) is 1.34. The van der Waals surface area contributed by atoms with Gasteiger partial charge in [-0.2, -0.15) is 0 Å². The Kier molecular flexibility index (Phi) is 5.56. The van der Waals surface area contributed by atoms with Crippen molar-refractivity contribution in [3.8, 4) is 0 Å². The zero-order chi connectivity index (χ0) is 9.72. The maximum atomic E-state index is 5.33. The fourth-order valence-electron chi connectivity index (χ4n) is 0.791. The van der Waals surface area contributed by atoms with E-state index < -0.39 is 0 Å². The Balaban J connectivity index is 4.81. The molecule has 68 valence electrons. The molecule has 0 spiro atoms. The van der Waals surface area contributed by atoms with Crippen LogP contribution in [0.4, 0.5) is 0 Å². The summed E-state index contributed by atoms with van der Waals surface area (Å²) in [7, 11) is 0. The standard InChI is InChI=1S/C9H16N2.W/c1-5-7(2)9(4)8(3)6-11-10;/h5,11H,10H2,1-4H3;. The van der Waals surface area contributed by atoms with Gasteiger partial charge >= 0.3 is 85.1 Å². The van der Waals surface area contributed by atoms with Crippen LogP contribution in [0, 0.1) is 0 Å². The van der Waals surface area contributed by atoms with E-state index in [-0.39, 0.29) is 0 Å². The van der Waals surface area contributed by atoms with Gasteiger partial charge < -0.3 is 0 Å². The van der Waals surface area contributed by atoms with E-state index in [9.17, 15) is 0 Å². The monoisotopic (exact) mass is 336 g/mol. The molecule has 0 amide bonds. The summed E-state index contributed by atoms with van der Waals surface area (Å²) in [5.41, 5.74) is 6.56. The SMILES string of the molecule is CC=C(C)C(C)=C(C)[C](=[W])NN. The minimum absolute atomic E-state index is 1.11. The van der Waals surface area contributed by atoms with Crippen molar-refractivity contribution in [2.75, 3.05) is 0 Å². The molecule has 0 aromatic heterocycles. The van der Waals surface area contributed by atoms with Gasteiger partial charge in [-0.05, 0) is 0 Å². The van der Waals surface area contributed by atoms with Gasteiger partial charge in [-0.15, -0.1) is 0 Å². The van der Waals surface area contributed by atoms with E-state index in [0.29, 0.717) is 0 Å². The van der Waals surface area contributed by atoms with Crippen LogP contribution >= 0.6 is 0 Å². The average Bonchev–Trinajstić information content (AvgIpc) is 2.12. The molecule has 0 saturated heterocycles. The van der Waals surface area contributed by atoms with Gasteiger partial charge in [0, 0.05) is 0 Å². The molecule has 0 bridgehead atoms. The molecule has 0 fully saturated rings. The molecule has 0 aliphatic rings. The van der Waals surface area contributed by atoms with Crippen LogP contribution in [0.5, 0.6) is 0 Å². The number of rotatable bonds is 3. The summed E-state index contributed by atoms with van der Waals surface area (Å²) >= 11 is 1.37. The van der Waals surface area contributed by atoms with E-state index in [0.717, 1.165) is 4.02 Å². The first kappa shape index (κ1) is 12.0. The number of hydrogen-bond acceptors (Lipinski definition) is 2. The second-order valence-corrected chi connectivity index (χ2v) is 4.16. The summed E-state index contributed by atoms with van der Waals surface area (Å²) in [5, 5.41) is 0. The summed E-state index contributed by atoms with van der Waals surface area (Å²) in [6, 6.07) is 0. The average molecular weight is 336 g/mol. The molecular weight excluding hydrogens is 320 g/mol. The Labute approximate surface area is 85.3 Å². The number of allylic oxidation sites excluding steroid dienone is 3. The van der Waals surface area contributed by atoms with Crippen LogP contribution in [0.2, 0.25) is 0 Å². The maximum absolute atomic E-state index is 5.33. The predicted octanol–water partition coefficient (Wildman–Crippen LogP) is 1.43. The first-order valence-electron chi connectivity index (χ1n) is 3.86. The molecule has 0 radical (unpaired) electrons. The Hall–Kier alpha value is -0.0417. The van der Waals surface area contributed by atoms with E-state index in [2.05, 4.69) is 32.3 Å². The molecule has 12 heavy (non-hydrogen) atoms. The fraction of sp³-hybridized carbons (Fsp3) is 0.444. The molecule has 0 saturated carbocycles. The van der Waals surface area contributed by atoms with Crippen molar-refractivity contribution in [1.82, 2.24) is 5.43 Å². The summed E-state index contributed by atoms with van der Waals surface area (Å²) < 4.78 is 1.11. The normalized spacial score (nSPS) is 14.2.